The molecule has 0 heterocycles. The third-order valence-corrected chi connectivity index (χ3v) is 3.77. The van der Waals surface area contributed by atoms with E-state index in [-0.39, 0.29) is 11.3 Å². The number of hydrogen-bond acceptors (Lipinski definition) is 5. The van der Waals surface area contributed by atoms with Crippen molar-refractivity contribution in [3.63, 3.8) is 0 Å². The fourth-order valence-corrected chi connectivity index (χ4v) is 2.33. The van der Waals surface area contributed by atoms with Crippen molar-refractivity contribution in [2.24, 2.45) is 0 Å². The Morgan fingerprint density at radius 2 is 1.76 bits per heavy atom. The summed E-state index contributed by atoms with van der Waals surface area (Å²) in [6.07, 6.45) is 1.88. The predicted octanol–water partition coefficient (Wildman–Crippen LogP) is 4.34. The molecule has 0 aliphatic heterocycles. The molecule has 0 radical (unpaired) electrons. The Hall–Kier alpha value is -3.16. The molecule has 0 saturated heterocycles. The number of carbonyl (C=O) groups is 2. The number of rotatable bonds is 10. The van der Waals surface area contributed by atoms with Crippen molar-refractivity contribution in [3.05, 3.63) is 53.6 Å². The third kappa shape index (κ3) is 6.74. The smallest absolute Gasteiger partial charge is 0.338 e. The molecule has 29 heavy (non-hydrogen) atoms. The fourth-order valence-electron chi connectivity index (χ4n) is 2.33. The number of ether oxygens (including phenoxy) is 3. The molecule has 0 fully saturated rings. The second kappa shape index (κ2) is 11.0. The minimum atomic E-state index is -1.09. The van der Waals surface area contributed by atoms with Crippen LogP contribution in [0.25, 0.3) is 0 Å². The molecule has 2 rings (SSSR count). The van der Waals surface area contributed by atoms with Crippen LogP contribution in [0, 0.1) is 11.6 Å². The lowest BCUT2D eigenvalue weighted by molar-refractivity contribution is -0.119. The van der Waals surface area contributed by atoms with E-state index >= 15 is 0 Å². The van der Waals surface area contributed by atoms with Gasteiger partial charge in [0, 0.05) is 11.8 Å². The highest BCUT2D eigenvalue weighted by Crippen LogP contribution is 2.29. The van der Waals surface area contributed by atoms with Crippen LogP contribution < -0.4 is 14.8 Å². The summed E-state index contributed by atoms with van der Waals surface area (Å²) < 4.78 is 42.2. The summed E-state index contributed by atoms with van der Waals surface area (Å²) in [7, 11) is 0. The number of carbonyl (C=O) groups excluding carboxylic acids is 2. The second-order valence-electron chi connectivity index (χ2n) is 6.05. The van der Waals surface area contributed by atoms with Crippen molar-refractivity contribution >= 4 is 17.6 Å². The Bertz CT molecular complexity index is 857. The first-order valence-corrected chi connectivity index (χ1v) is 9.26. The largest absolute Gasteiger partial charge is 0.490 e. The van der Waals surface area contributed by atoms with Crippen LogP contribution in [-0.2, 0) is 9.53 Å². The molecule has 8 heteroatoms. The zero-order valence-corrected chi connectivity index (χ0v) is 16.3. The molecule has 0 atom stereocenters. The second-order valence-corrected chi connectivity index (χ2v) is 6.05. The van der Waals surface area contributed by atoms with Crippen LogP contribution in [-0.4, -0.2) is 31.7 Å². The van der Waals surface area contributed by atoms with Crippen molar-refractivity contribution in [2.75, 3.05) is 25.1 Å². The maximum atomic E-state index is 13.2. The summed E-state index contributed by atoms with van der Waals surface area (Å²) >= 11 is 0. The van der Waals surface area contributed by atoms with Gasteiger partial charge < -0.3 is 19.5 Å². The molecule has 1 amide bonds. The van der Waals surface area contributed by atoms with Gasteiger partial charge in [0.25, 0.3) is 5.91 Å². The van der Waals surface area contributed by atoms with Crippen molar-refractivity contribution in [1.82, 2.24) is 0 Å². The van der Waals surface area contributed by atoms with Crippen LogP contribution >= 0.6 is 0 Å². The van der Waals surface area contributed by atoms with Gasteiger partial charge in [0.1, 0.15) is 0 Å². The predicted molar refractivity (Wildman–Crippen MR) is 103 cm³/mol. The molecule has 0 aliphatic rings. The van der Waals surface area contributed by atoms with Gasteiger partial charge in [-0.05, 0) is 43.7 Å². The molecule has 0 aliphatic carbocycles. The Balaban J connectivity index is 1.95. The lowest BCUT2D eigenvalue weighted by Gasteiger charge is -2.13. The first-order chi connectivity index (χ1) is 13.9. The summed E-state index contributed by atoms with van der Waals surface area (Å²) in [6.45, 7) is 4.19. The van der Waals surface area contributed by atoms with Gasteiger partial charge in [-0.2, -0.15) is 0 Å². The van der Waals surface area contributed by atoms with Crippen LogP contribution in [0.2, 0.25) is 0 Å². The Morgan fingerprint density at radius 3 is 2.45 bits per heavy atom. The maximum absolute atomic E-state index is 13.2. The SMILES string of the molecule is CCCCOc1ccc(C(=O)OCC(=O)Nc2ccc(F)c(F)c2)cc1OCC. The minimum absolute atomic E-state index is 0.0529. The van der Waals surface area contributed by atoms with Gasteiger partial charge in [0.15, 0.2) is 29.7 Å². The summed E-state index contributed by atoms with van der Waals surface area (Å²) in [5, 5.41) is 2.32. The lowest BCUT2D eigenvalue weighted by Crippen LogP contribution is -2.21. The van der Waals surface area contributed by atoms with Crippen LogP contribution in [0.4, 0.5) is 14.5 Å². The average Bonchev–Trinajstić information content (AvgIpc) is 2.70. The number of benzene rings is 2. The standard InChI is InChI=1S/C21H23F2NO5/c1-3-5-10-28-18-9-6-14(11-19(18)27-4-2)21(26)29-13-20(25)24-15-7-8-16(22)17(23)12-15/h6-9,11-12H,3-5,10,13H2,1-2H3,(H,24,25). The van der Waals surface area contributed by atoms with E-state index in [1.54, 1.807) is 6.07 Å². The number of anilines is 1. The summed E-state index contributed by atoms with van der Waals surface area (Å²) in [5.41, 5.74) is 0.245. The molecule has 156 valence electrons. The van der Waals surface area contributed by atoms with Gasteiger partial charge in [0.2, 0.25) is 0 Å². The lowest BCUT2D eigenvalue weighted by atomic mass is 10.2. The molecule has 0 bridgehead atoms. The highest BCUT2D eigenvalue weighted by Gasteiger charge is 2.15. The van der Waals surface area contributed by atoms with E-state index in [1.165, 1.54) is 18.2 Å². The molecule has 1 N–H and O–H groups in total. The number of nitrogens with one attached hydrogen (secondary N) is 1. The summed E-state index contributed by atoms with van der Waals surface area (Å²) in [4.78, 5) is 24.1. The first kappa shape index (κ1) is 22.1. The van der Waals surface area contributed by atoms with E-state index in [9.17, 15) is 18.4 Å². The van der Waals surface area contributed by atoms with E-state index < -0.39 is 30.1 Å². The monoisotopic (exact) mass is 407 g/mol. The third-order valence-electron chi connectivity index (χ3n) is 3.77. The molecule has 0 aromatic heterocycles. The van der Waals surface area contributed by atoms with Gasteiger partial charge >= 0.3 is 5.97 Å². The van der Waals surface area contributed by atoms with E-state index in [1.807, 2.05) is 6.92 Å². The first-order valence-electron chi connectivity index (χ1n) is 9.26. The Labute approximate surface area is 167 Å². The van der Waals surface area contributed by atoms with E-state index in [2.05, 4.69) is 12.2 Å². The molecule has 2 aromatic carbocycles. The highest BCUT2D eigenvalue weighted by molar-refractivity contribution is 5.95. The van der Waals surface area contributed by atoms with Crippen LogP contribution in [0.5, 0.6) is 11.5 Å². The minimum Gasteiger partial charge on any atom is -0.490 e. The molecule has 2 aromatic rings. The normalized spacial score (nSPS) is 10.3. The van der Waals surface area contributed by atoms with E-state index in [4.69, 9.17) is 14.2 Å². The summed E-state index contributed by atoms with van der Waals surface area (Å²) in [5.74, 6) is -2.61. The highest BCUT2D eigenvalue weighted by atomic mass is 19.2. The van der Waals surface area contributed by atoms with Gasteiger partial charge in [0.05, 0.1) is 18.8 Å². The number of halogens is 2. The average molecular weight is 407 g/mol. The zero-order chi connectivity index (χ0) is 21.2. The van der Waals surface area contributed by atoms with Crippen LogP contribution in [0.15, 0.2) is 36.4 Å². The van der Waals surface area contributed by atoms with Gasteiger partial charge in [-0.25, -0.2) is 13.6 Å². The van der Waals surface area contributed by atoms with Gasteiger partial charge in [-0.1, -0.05) is 13.3 Å². The Morgan fingerprint density at radius 1 is 0.966 bits per heavy atom. The number of hydrogen-bond donors (Lipinski definition) is 1. The van der Waals surface area contributed by atoms with Crippen molar-refractivity contribution in [3.8, 4) is 11.5 Å². The molecular formula is C21H23F2NO5. The molecule has 0 spiro atoms. The number of esters is 1. The maximum Gasteiger partial charge on any atom is 0.338 e. The number of unbranched alkanes of at least 4 members (excludes halogenated alkanes) is 1. The Kier molecular flexibility index (Phi) is 8.39. The molecule has 0 saturated carbocycles. The van der Waals surface area contributed by atoms with Gasteiger partial charge in [-0.3, -0.25) is 4.79 Å². The van der Waals surface area contributed by atoms with Crippen molar-refractivity contribution < 1.29 is 32.6 Å². The van der Waals surface area contributed by atoms with Crippen molar-refractivity contribution in [2.45, 2.75) is 26.7 Å². The fraction of sp³-hybridized carbons (Fsp3) is 0.333. The quantitative estimate of drug-likeness (QED) is 0.469. The topological polar surface area (TPSA) is 73.9 Å². The number of amides is 1. The molecule has 6 nitrogen and oxygen atoms in total. The molecule has 0 unspecified atom stereocenters. The summed E-state index contributed by atoms with van der Waals surface area (Å²) in [6, 6.07) is 7.53. The molecular weight excluding hydrogens is 384 g/mol. The van der Waals surface area contributed by atoms with E-state index in [0.717, 1.165) is 25.0 Å². The van der Waals surface area contributed by atoms with Crippen LogP contribution in [0.3, 0.4) is 0 Å². The zero-order valence-electron chi connectivity index (χ0n) is 16.3. The van der Waals surface area contributed by atoms with Gasteiger partial charge in [-0.15, -0.1) is 0 Å². The van der Waals surface area contributed by atoms with E-state index in [0.29, 0.717) is 24.7 Å². The van der Waals surface area contributed by atoms with Crippen LogP contribution in [0.1, 0.15) is 37.0 Å². The van der Waals surface area contributed by atoms with Crippen molar-refractivity contribution in [1.29, 1.82) is 0 Å².